The van der Waals surface area contributed by atoms with Gasteiger partial charge in [-0.1, -0.05) is 25.1 Å². The van der Waals surface area contributed by atoms with Crippen LogP contribution in [0.1, 0.15) is 43.7 Å². The van der Waals surface area contributed by atoms with Crippen LogP contribution in [0, 0.1) is 0 Å². The first kappa shape index (κ1) is 19.5. The first-order valence-electron chi connectivity index (χ1n) is 8.69. The van der Waals surface area contributed by atoms with E-state index in [1.807, 2.05) is 37.3 Å². The average Bonchev–Trinajstić information content (AvgIpc) is 3.02. The minimum Gasteiger partial charge on any atom is -0.444 e. The maximum Gasteiger partial charge on any atom is 0.407 e. The van der Waals surface area contributed by atoms with Crippen LogP contribution in [0.3, 0.4) is 0 Å². The van der Waals surface area contributed by atoms with Gasteiger partial charge in [0.15, 0.2) is 0 Å². The van der Waals surface area contributed by atoms with Gasteiger partial charge in [-0.2, -0.15) is 5.10 Å². The van der Waals surface area contributed by atoms with Crippen molar-refractivity contribution in [2.75, 3.05) is 13.1 Å². The number of ether oxygens (including phenoxy) is 1. The van der Waals surface area contributed by atoms with Gasteiger partial charge in [0.05, 0.1) is 23.1 Å². The quantitative estimate of drug-likeness (QED) is 0.778. The highest BCUT2D eigenvalue weighted by molar-refractivity contribution is 5.95. The molecule has 1 aromatic heterocycles. The second-order valence-corrected chi connectivity index (χ2v) is 6.79. The second-order valence-electron chi connectivity index (χ2n) is 6.79. The molecule has 1 aromatic carbocycles. The summed E-state index contributed by atoms with van der Waals surface area (Å²) in [4.78, 5) is 24.0. The van der Waals surface area contributed by atoms with Crippen molar-refractivity contribution in [1.29, 1.82) is 0 Å². The van der Waals surface area contributed by atoms with E-state index in [4.69, 9.17) is 4.74 Å². The molecule has 0 aliphatic rings. The number of benzene rings is 1. The zero-order valence-corrected chi connectivity index (χ0v) is 15.7. The summed E-state index contributed by atoms with van der Waals surface area (Å²) in [6.45, 7) is 7.96. The Labute approximate surface area is 153 Å². The Morgan fingerprint density at radius 2 is 1.77 bits per heavy atom. The van der Waals surface area contributed by atoms with E-state index in [-0.39, 0.29) is 12.5 Å². The van der Waals surface area contributed by atoms with E-state index >= 15 is 0 Å². The Morgan fingerprint density at radius 3 is 2.38 bits per heavy atom. The van der Waals surface area contributed by atoms with Gasteiger partial charge in [0.1, 0.15) is 5.60 Å². The van der Waals surface area contributed by atoms with E-state index in [9.17, 15) is 9.59 Å². The van der Waals surface area contributed by atoms with Crippen molar-refractivity contribution in [3.05, 3.63) is 47.8 Å². The van der Waals surface area contributed by atoms with Crippen LogP contribution in [-0.2, 0) is 11.2 Å². The summed E-state index contributed by atoms with van der Waals surface area (Å²) in [6.07, 6.45) is 1.74. The van der Waals surface area contributed by atoms with Gasteiger partial charge in [-0.3, -0.25) is 4.79 Å². The molecule has 0 fully saturated rings. The molecule has 0 saturated carbocycles. The lowest BCUT2D eigenvalue weighted by Crippen LogP contribution is -2.38. The molecule has 2 N–H and O–H groups in total. The van der Waals surface area contributed by atoms with Crippen LogP contribution in [0.25, 0.3) is 5.69 Å². The van der Waals surface area contributed by atoms with Crippen molar-refractivity contribution in [2.24, 2.45) is 0 Å². The molecule has 0 atom stereocenters. The molecule has 0 spiro atoms. The van der Waals surface area contributed by atoms with E-state index < -0.39 is 11.7 Å². The number of aromatic nitrogens is 2. The average molecular weight is 358 g/mol. The summed E-state index contributed by atoms with van der Waals surface area (Å²) in [6, 6.07) is 9.68. The van der Waals surface area contributed by atoms with Gasteiger partial charge < -0.3 is 15.4 Å². The Morgan fingerprint density at radius 1 is 1.12 bits per heavy atom. The van der Waals surface area contributed by atoms with Crippen LogP contribution in [0.4, 0.5) is 4.79 Å². The summed E-state index contributed by atoms with van der Waals surface area (Å²) in [5.74, 6) is -0.213. The molecule has 1 heterocycles. The van der Waals surface area contributed by atoms with E-state index in [2.05, 4.69) is 15.7 Å². The van der Waals surface area contributed by atoms with Gasteiger partial charge in [0.2, 0.25) is 0 Å². The minimum absolute atomic E-state index is 0.213. The molecule has 7 nitrogen and oxygen atoms in total. The highest BCUT2D eigenvalue weighted by Gasteiger charge is 2.18. The molecular formula is C19H26N4O3. The molecule has 140 valence electrons. The largest absolute Gasteiger partial charge is 0.444 e. The standard InChI is InChI=1S/C19H26N4O3/c1-5-16-15(13-22-23(16)14-9-7-6-8-10-14)17(24)20-11-12-21-18(25)26-19(2,3)4/h6-10,13H,5,11-12H2,1-4H3,(H,20,24)(H,21,25). The molecular weight excluding hydrogens is 332 g/mol. The number of hydrogen-bond donors (Lipinski definition) is 2. The number of rotatable bonds is 6. The molecule has 7 heteroatoms. The number of nitrogens with one attached hydrogen (secondary N) is 2. The van der Waals surface area contributed by atoms with Crippen molar-refractivity contribution in [3.63, 3.8) is 0 Å². The molecule has 26 heavy (non-hydrogen) atoms. The number of carbonyl (C=O) groups excluding carboxylic acids is 2. The monoisotopic (exact) mass is 358 g/mol. The molecule has 0 radical (unpaired) electrons. The van der Waals surface area contributed by atoms with Gasteiger partial charge >= 0.3 is 6.09 Å². The molecule has 0 saturated heterocycles. The fraction of sp³-hybridized carbons (Fsp3) is 0.421. The summed E-state index contributed by atoms with van der Waals surface area (Å²) >= 11 is 0. The number of para-hydroxylation sites is 1. The lowest BCUT2D eigenvalue weighted by Gasteiger charge is -2.19. The van der Waals surface area contributed by atoms with Crippen LogP contribution in [0.5, 0.6) is 0 Å². The van der Waals surface area contributed by atoms with Gasteiger partial charge in [-0.05, 0) is 39.3 Å². The molecule has 0 aliphatic heterocycles. The van der Waals surface area contributed by atoms with Crippen LogP contribution in [0.15, 0.2) is 36.5 Å². The normalized spacial score (nSPS) is 11.1. The number of nitrogens with zero attached hydrogens (tertiary/aromatic N) is 2. The first-order chi connectivity index (χ1) is 12.3. The van der Waals surface area contributed by atoms with Crippen molar-refractivity contribution >= 4 is 12.0 Å². The van der Waals surface area contributed by atoms with Gasteiger partial charge in [-0.15, -0.1) is 0 Å². The van der Waals surface area contributed by atoms with Gasteiger partial charge in [-0.25, -0.2) is 9.48 Å². The van der Waals surface area contributed by atoms with Crippen molar-refractivity contribution in [2.45, 2.75) is 39.7 Å². The van der Waals surface area contributed by atoms with Crippen LogP contribution in [0.2, 0.25) is 0 Å². The third-order valence-electron chi connectivity index (χ3n) is 3.53. The van der Waals surface area contributed by atoms with Gasteiger partial charge in [0.25, 0.3) is 5.91 Å². The third kappa shape index (κ3) is 5.34. The summed E-state index contributed by atoms with van der Waals surface area (Å²) in [5.41, 5.74) is 1.74. The number of amides is 2. The van der Waals surface area contributed by atoms with Gasteiger partial charge in [0, 0.05) is 13.1 Å². The second kappa shape index (κ2) is 8.51. The predicted molar refractivity (Wildman–Crippen MR) is 99.5 cm³/mol. The van der Waals surface area contributed by atoms with Crippen molar-refractivity contribution in [1.82, 2.24) is 20.4 Å². The molecule has 0 bridgehead atoms. The fourth-order valence-corrected chi connectivity index (χ4v) is 2.45. The number of hydrogen-bond acceptors (Lipinski definition) is 4. The summed E-state index contributed by atoms with van der Waals surface area (Å²) in [5, 5.41) is 9.74. The Bertz CT molecular complexity index is 748. The van der Waals surface area contributed by atoms with Crippen molar-refractivity contribution < 1.29 is 14.3 Å². The van der Waals surface area contributed by atoms with E-state index in [0.29, 0.717) is 18.5 Å². The maximum absolute atomic E-state index is 12.4. The SMILES string of the molecule is CCc1c(C(=O)NCCNC(=O)OC(C)(C)C)cnn1-c1ccccc1. The third-order valence-corrected chi connectivity index (χ3v) is 3.53. The molecule has 0 aliphatic carbocycles. The van der Waals surface area contributed by atoms with Crippen LogP contribution >= 0.6 is 0 Å². The molecule has 2 amide bonds. The number of alkyl carbamates (subject to hydrolysis) is 1. The summed E-state index contributed by atoms with van der Waals surface area (Å²) in [7, 11) is 0. The zero-order valence-electron chi connectivity index (χ0n) is 15.7. The first-order valence-corrected chi connectivity index (χ1v) is 8.69. The minimum atomic E-state index is -0.546. The fourth-order valence-electron chi connectivity index (χ4n) is 2.45. The van der Waals surface area contributed by atoms with Crippen LogP contribution < -0.4 is 10.6 Å². The maximum atomic E-state index is 12.4. The zero-order chi connectivity index (χ0) is 19.2. The Balaban J connectivity index is 1.92. The Hall–Kier alpha value is -2.83. The highest BCUT2D eigenvalue weighted by atomic mass is 16.6. The molecule has 0 unspecified atom stereocenters. The summed E-state index contributed by atoms with van der Waals surface area (Å²) < 4.78 is 6.91. The Kier molecular flexibility index (Phi) is 6.38. The molecule has 2 aromatic rings. The van der Waals surface area contributed by atoms with E-state index in [1.165, 1.54) is 0 Å². The number of carbonyl (C=O) groups is 2. The van der Waals surface area contributed by atoms with Crippen molar-refractivity contribution in [3.8, 4) is 5.69 Å². The van der Waals surface area contributed by atoms with E-state index in [0.717, 1.165) is 11.4 Å². The predicted octanol–water partition coefficient (Wildman–Crippen LogP) is 2.69. The van der Waals surface area contributed by atoms with E-state index in [1.54, 1.807) is 31.6 Å². The molecule has 2 rings (SSSR count). The van der Waals surface area contributed by atoms with Crippen LogP contribution in [-0.4, -0.2) is 40.5 Å². The lowest BCUT2D eigenvalue weighted by molar-refractivity contribution is 0.0526. The highest BCUT2D eigenvalue weighted by Crippen LogP contribution is 2.15. The smallest absolute Gasteiger partial charge is 0.407 e. The topological polar surface area (TPSA) is 85.2 Å². The lowest BCUT2D eigenvalue weighted by atomic mass is 10.2.